The summed E-state index contributed by atoms with van der Waals surface area (Å²) in [6.07, 6.45) is 0.591. The molecular weight excluding hydrogens is 324 g/mol. The van der Waals surface area contributed by atoms with Crippen LogP contribution < -0.4 is 15.5 Å². The van der Waals surface area contributed by atoms with Crippen molar-refractivity contribution in [3.8, 4) is 0 Å². The van der Waals surface area contributed by atoms with Gasteiger partial charge in [0.1, 0.15) is 18.1 Å². The Hall–Kier alpha value is -2.58. The Labute approximate surface area is 145 Å². The summed E-state index contributed by atoms with van der Waals surface area (Å²) in [5.41, 5.74) is 8.61. The molecule has 0 spiro atoms. The summed E-state index contributed by atoms with van der Waals surface area (Å²) >= 11 is 0. The number of benzene rings is 1. The summed E-state index contributed by atoms with van der Waals surface area (Å²) in [6.45, 7) is 3.60. The van der Waals surface area contributed by atoms with Crippen LogP contribution >= 0.6 is 0 Å². The van der Waals surface area contributed by atoms with Crippen molar-refractivity contribution < 1.29 is 18.8 Å². The van der Waals surface area contributed by atoms with Crippen LogP contribution in [0.2, 0.25) is 0 Å². The van der Waals surface area contributed by atoms with Crippen LogP contribution in [-0.4, -0.2) is 50.2 Å². The normalized spacial score (nSPS) is 22.1. The lowest BCUT2D eigenvalue weighted by Gasteiger charge is -2.29. The van der Waals surface area contributed by atoms with E-state index in [4.69, 9.17) is 19.7 Å². The molecule has 3 heterocycles. The molecule has 25 heavy (non-hydrogen) atoms. The predicted octanol–water partition coefficient (Wildman–Crippen LogP) is 1.54. The molecule has 0 aliphatic carbocycles. The van der Waals surface area contributed by atoms with Crippen molar-refractivity contribution in [1.82, 2.24) is 5.16 Å². The van der Waals surface area contributed by atoms with E-state index in [0.717, 1.165) is 37.7 Å². The van der Waals surface area contributed by atoms with Gasteiger partial charge in [0.15, 0.2) is 0 Å². The maximum atomic E-state index is 12.2. The highest BCUT2D eigenvalue weighted by Gasteiger charge is 2.37. The zero-order chi connectivity index (χ0) is 17.2. The SMILES string of the molecule is N[C@@H](c1ccon1)C1CN(c2ccc(N3CCOCC3)cc2)C(=O)O1. The zero-order valence-corrected chi connectivity index (χ0v) is 13.7. The molecule has 1 amide bonds. The number of ether oxygens (including phenoxy) is 2. The first-order valence-electron chi connectivity index (χ1n) is 8.29. The fraction of sp³-hybridized carbons (Fsp3) is 0.412. The van der Waals surface area contributed by atoms with Gasteiger partial charge in [0, 0.05) is 30.5 Å². The number of nitrogens with zero attached hydrogens (tertiary/aromatic N) is 3. The molecule has 1 aromatic heterocycles. The van der Waals surface area contributed by atoms with E-state index in [1.807, 2.05) is 24.3 Å². The molecule has 2 aliphatic rings. The molecule has 2 saturated heterocycles. The number of cyclic esters (lactones) is 1. The highest BCUT2D eigenvalue weighted by molar-refractivity contribution is 5.90. The summed E-state index contributed by atoms with van der Waals surface area (Å²) in [6, 6.07) is 9.04. The van der Waals surface area contributed by atoms with Crippen molar-refractivity contribution in [2.75, 3.05) is 42.6 Å². The topological polar surface area (TPSA) is 94.1 Å². The standard InChI is InChI=1S/C17H20N4O4/c18-16(14-5-8-24-19-14)15-11-21(17(22)25-15)13-3-1-12(2-4-13)20-6-9-23-10-7-20/h1-5,8,15-16H,6-7,9-11,18H2/t15?,16-/m0/s1. The third-order valence-electron chi connectivity index (χ3n) is 4.57. The van der Waals surface area contributed by atoms with E-state index >= 15 is 0 Å². The number of hydrogen-bond donors (Lipinski definition) is 1. The van der Waals surface area contributed by atoms with Gasteiger partial charge < -0.3 is 24.6 Å². The average molecular weight is 344 g/mol. The van der Waals surface area contributed by atoms with E-state index in [1.165, 1.54) is 6.26 Å². The monoisotopic (exact) mass is 344 g/mol. The molecule has 2 N–H and O–H groups in total. The van der Waals surface area contributed by atoms with Gasteiger partial charge in [0.2, 0.25) is 0 Å². The molecule has 4 rings (SSSR count). The molecule has 0 bridgehead atoms. The second kappa shape index (κ2) is 6.73. The van der Waals surface area contributed by atoms with Crippen molar-refractivity contribution >= 4 is 17.5 Å². The number of carbonyl (C=O) groups excluding carboxylic acids is 1. The Morgan fingerprint density at radius 2 is 1.84 bits per heavy atom. The molecule has 1 unspecified atom stereocenters. The molecule has 2 aliphatic heterocycles. The van der Waals surface area contributed by atoms with Gasteiger partial charge in [0.25, 0.3) is 0 Å². The molecule has 0 radical (unpaired) electrons. The first-order valence-corrected chi connectivity index (χ1v) is 8.29. The van der Waals surface area contributed by atoms with E-state index in [0.29, 0.717) is 12.2 Å². The highest BCUT2D eigenvalue weighted by atomic mass is 16.6. The Balaban J connectivity index is 1.45. The molecule has 132 valence electrons. The van der Waals surface area contributed by atoms with Gasteiger partial charge in [-0.15, -0.1) is 0 Å². The molecule has 2 fully saturated rings. The quantitative estimate of drug-likeness (QED) is 0.899. The van der Waals surface area contributed by atoms with Gasteiger partial charge >= 0.3 is 6.09 Å². The fourth-order valence-corrected chi connectivity index (χ4v) is 3.13. The van der Waals surface area contributed by atoms with Gasteiger partial charge in [-0.25, -0.2) is 4.79 Å². The number of carbonyl (C=O) groups is 1. The number of amides is 1. The van der Waals surface area contributed by atoms with Crippen LogP contribution in [-0.2, 0) is 9.47 Å². The largest absolute Gasteiger partial charge is 0.442 e. The molecular formula is C17H20N4O4. The summed E-state index contributed by atoms with van der Waals surface area (Å²) in [5.74, 6) is 0. The van der Waals surface area contributed by atoms with Gasteiger partial charge in [0.05, 0.1) is 25.8 Å². The van der Waals surface area contributed by atoms with Crippen LogP contribution in [0.15, 0.2) is 41.1 Å². The number of hydrogen-bond acceptors (Lipinski definition) is 7. The number of aromatic nitrogens is 1. The highest BCUT2D eigenvalue weighted by Crippen LogP contribution is 2.28. The van der Waals surface area contributed by atoms with Gasteiger partial charge in [-0.1, -0.05) is 5.16 Å². The molecule has 2 aromatic rings. The maximum absolute atomic E-state index is 12.2. The minimum absolute atomic E-state index is 0.379. The van der Waals surface area contributed by atoms with Crippen LogP contribution in [0.3, 0.4) is 0 Å². The van der Waals surface area contributed by atoms with E-state index in [1.54, 1.807) is 11.0 Å². The third kappa shape index (κ3) is 3.18. The summed E-state index contributed by atoms with van der Waals surface area (Å²) < 4.78 is 15.6. The lowest BCUT2D eigenvalue weighted by Crippen LogP contribution is -2.36. The second-order valence-electron chi connectivity index (χ2n) is 6.10. The Bertz CT molecular complexity index is 713. The van der Waals surface area contributed by atoms with Gasteiger partial charge in [-0.2, -0.15) is 0 Å². The van der Waals surface area contributed by atoms with E-state index in [9.17, 15) is 4.79 Å². The Morgan fingerprint density at radius 1 is 1.12 bits per heavy atom. The van der Waals surface area contributed by atoms with Crippen molar-refractivity contribution in [2.45, 2.75) is 12.1 Å². The van der Waals surface area contributed by atoms with Crippen LogP contribution in [0.5, 0.6) is 0 Å². The van der Waals surface area contributed by atoms with Crippen molar-refractivity contribution in [3.05, 3.63) is 42.3 Å². The number of anilines is 2. The zero-order valence-electron chi connectivity index (χ0n) is 13.7. The summed E-state index contributed by atoms with van der Waals surface area (Å²) in [4.78, 5) is 16.1. The fourth-order valence-electron chi connectivity index (χ4n) is 3.13. The number of nitrogens with two attached hydrogens (primary N) is 1. The van der Waals surface area contributed by atoms with E-state index < -0.39 is 18.2 Å². The summed E-state index contributed by atoms with van der Waals surface area (Å²) in [5, 5.41) is 3.82. The van der Waals surface area contributed by atoms with Crippen molar-refractivity contribution in [2.24, 2.45) is 5.73 Å². The first-order chi connectivity index (χ1) is 12.2. The lowest BCUT2D eigenvalue weighted by molar-refractivity contribution is 0.122. The van der Waals surface area contributed by atoms with Gasteiger partial charge in [-0.05, 0) is 24.3 Å². The van der Waals surface area contributed by atoms with Crippen molar-refractivity contribution in [3.63, 3.8) is 0 Å². The molecule has 8 nitrogen and oxygen atoms in total. The average Bonchev–Trinajstić information content (AvgIpc) is 3.32. The minimum atomic E-state index is -0.514. The minimum Gasteiger partial charge on any atom is -0.442 e. The molecule has 2 atom stereocenters. The lowest BCUT2D eigenvalue weighted by atomic mass is 10.1. The maximum Gasteiger partial charge on any atom is 0.414 e. The summed E-state index contributed by atoms with van der Waals surface area (Å²) in [7, 11) is 0. The third-order valence-corrected chi connectivity index (χ3v) is 4.57. The van der Waals surface area contributed by atoms with E-state index in [-0.39, 0.29) is 0 Å². The van der Waals surface area contributed by atoms with Crippen molar-refractivity contribution in [1.29, 1.82) is 0 Å². The van der Waals surface area contributed by atoms with Gasteiger partial charge in [-0.3, -0.25) is 4.90 Å². The number of rotatable bonds is 4. The first kappa shape index (κ1) is 15.9. The molecule has 0 saturated carbocycles. The van der Waals surface area contributed by atoms with Crippen LogP contribution in [0.4, 0.5) is 16.2 Å². The molecule has 1 aromatic carbocycles. The second-order valence-corrected chi connectivity index (χ2v) is 6.10. The van der Waals surface area contributed by atoms with E-state index in [2.05, 4.69) is 10.1 Å². The van der Waals surface area contributed by atoms with Crippen LogP contribution in [0, 0.1) is 0 Å². The Kier molecular flexibility index (Phi) is 4.29. The predicted molar refractivity (Wildman–Crippen MR) is 90.5 cm³/mol. The smallest absolute Gasteiger partial charge is 0.414 e. The van der Waals surface area contributed by atoms with Crippen LogP contribution in [0.25, 0.3) is 0 Å². The number of morpholine rings is 1. The molecule has 8 heteroatoms. The van der Waals surface area contributed by atoms with Crippen LogP contribution in [0.1, 0.15) is 11.7 Å². The Morgan fingerprint density at radius 3 is 2.52 bits per heavy atom.